The molecule has 3 aromatic rings. The fourth-order valence-electron chi connectivity index (χ4n) is 3.72. The van der Waals surface area contributed by atoms with Gasteiger partial charge in [-0.05, 0) is 91.7 Å². The van der Waals surface area contributed by atoms with Gasteiger partial charge in [0.1, 0.15) is 18.1 Å². The molecule has 0 radical (unpaired) electrons. The molecular weight excluding hydrogens is 559 g/mol. The molecule has 10 heteroatoms. The van der Waals surface area contributed by atoms with Gasteiger partial charge >= 0.3 is 0 Å². The Bertz CT molecular complexity index is 1470. The molecule has 0 saturated carbocycles. The van der Waals surface area contributed by atoms with Crippen LogP contribution < -0.4 is 14.8 Å². The van der Waals surface area contributed by atoms with Crippen LogP contribution in [0.25, 0.3) is 6.08 Å². The number of aryl methyl sites for hydroxylation is 3. The molecule has 0 spiro atoms. The number of anilines is 1. The number of nitrogens with zero attached hydrogens (tertiary/aromatic N) is 1. The summed E-state index contributed by atoms with van der Waals surface area (Å²) in [5.41, 5.74) is 3.94. The van der Waals surface area contributed by atoms with Crippen LogP contribution in [0.5, 0.6) is 11.5 Å². The quantitative estimate of drug-likeness (QED) is 0.271. The van der Waals surface area contributed by atoms with E-state index in [1.807, 2.05) is 39.0 Å². The highest BCUT2D eigenvalue weighted by Gasteiger charge is 2.35. The predicted molar refractivity (Wildman–Crippen MR) is 156 cm³/mol. The number of hydrogen-bond donors (Lipinski definition) is 1. The third-order valence-corrected chi connectivity index (χ3v) is 7.41. The van der Waals surface area contributed by atoms with Crippen molar-refractivity contribution in [2.75, 3.05) is 25.1 Å². The van der Waals surface area contributed by atoms with Crippen molar-refractivity contribution >= 4 is 63.8 Å². The molecule has 1 aliphatic rings. The van der Waals surface area contributed by atoms with E-state index in [1.54, 1.807) is 36.4 Å². The average molecular weight is 586 g/mol. The Morgan fingerprint density at radius 2 is 1.72 bits per heavy atom. The Morgan fingerprint density at radius 3 is 2.49 bits per heavy atom. The minimum atomic E-state index is -0.436. The number of hydrogen-bond acceptors (Lipinski definition) is 6. The number of rotatable bonds is 9. The Morgan fingerprint density at radius 1 is 0.949 bits per heavy atom. The third-order valence-electron chi connectivity index (χ3n) is 5.86. The van der Waals surface area contributed by atoms with Crippen LogP contribution in [-0.4, -0.2) is 41.7 Å². The molecular formula is C29H26Cl2N2O5S. The second-order valence-electron chi connectivity index (χ2n) is 8.93. The van der Waals surface area contributed by atoms with Gasteiger partial charge in [0.2, 0.25) is 0 Å². The molecule has 4 rings (SSSR count). The monoisotopic (exact) mass is 584 g/mol. The highest BCUT2D eigenvalue weighted by Crippen LogP contribution is 2.35. The van der Waals surface area contributed by atoms with Crippen molar-refractivity contribution in [1.29, 1.82) is 0 Å². The second kappa shape index (κ2) is 12.6. The summed E-state index contributed by atoms with van der Waals surface area (Å²) in [6, 6.07) is 15.9. The predicted octanol–water partition coefficient (Wildman–Crippen LogP) is 7.05. The molecule has 3 aromatic carbocycles. The van der Waals surface area contributed by atoms with Gasteiger partial charge in [0.15, 0.2) is 6.61 Å². The van der Waals surface area contributed by atoms with E-state index in [0.29, 0.717) is 32.8 Å². The SMILES string of the molecule is Cc1ccc(C)c(OCCN2C(=O)S/C(=C\c3cc(Cl)ccc3OCC(=O)Nc3ccc(C)c(Cl)c3)C2=O)c1. The molecule has 1 fully saturated rings. The average Bonchev–Trinajstić information content (AvgIpc) is 3.15. The zero-order chi connectivity index (χ0) is 28.1. The summed E-state index contributed by atoms with van der Waals surface area (Å²) in [6.07, 6.45) is 1.54. The maximum Gasteiger partial charge on any atom is 0.293 e. The van der Waals surface area contributed by atoms with Crippen LogP contribution in [0.3, 0.4) is 0 Å². The topological polar surface area (TPSA) is 84.9 Å². The first-order chi connectivity index (χ1) is 18.6. The first-order valence-corrected chi connectivity index (χ1v) is 13.6. The number of amides is 3. The van der Waals surface area contributed by atoms with E-state index in [9.17, 15) is 14.4 Å². The number of carbonyl (C=O) groups is 3. The van der Waals surface area contributed by atoms with Gasteiger partial charge in [-0.25, -0.2) is 0 Å². The molecule has 1 N–H and O–H groups in total. The maximum atomic E-state index is 13.0. The summed E-state index contributed by atoms with van der Waals surface area (Å²) < 4.78 is 11.5. The van der Waals surface area contributed by atoms with Gasteiger partial charge in [0.05, 0.1) is 11.4 Å². The molecule has 1 heterocycles. The number of halogens is 2. The van der Waals surface area contributed by atoms with Crippen LogP contribution in [0, 0.1) is 20.8 Å². The Balaban J connectivity index is 1.41. The smallest absolute Gasteiger partial charge is 0.293 e. The van der Waals surface area contributed by atoms with E-state index in [4.69, 9.17) is 32.7 Å². The van der Waals surface area contributed by atoms with Gasteiger partial charge in [-0.15, -0.1) is 0 Å². The van der Waals surface area contributed by atoms with Crippen LogP contribution >= 0.6 is 35.0 Å². The van der Waals surface area contributed by atoms with Crippen molar-refractivity contribution in [3.63, 3.8) is 0 Å². The fraction of sp³-hybridized carbons (Fsp3) is 0.207. The molecule has 1 aliphatic heterocycles. The molecule has 39 heavy (non-hydrogen) atoms. The lowest BCUT2D eigenvalue weighted by Gasteiger charge is -2.14. The van der Waals surface area contributed by atoms with Gasteiger partial charge in [0, 0.05) is 21.3 Å². The van der Waals surface area contributed by atoms with Crippen LogP contribution in [0.1, 0.15) is 22.3 Å². The molecule has 0 bridgehead atoms. The summed E-state index contributed by atoms with van der Waals surface area (Å²) in [6.45, 7) is 5.76. The largest absolute Gasteiger partial charge is 0.491 e. The van der Waals surface area contributed by atoms with Crippen molar-refractivity contribution < 1.29 is 23.9 Å². The van der Waals surface area contributed by atoms with Crippen molar-refractivity contribution in [2.24, 2.45) is 0 Å². The first-order valence-electron chi connectivity index (χ1n) is 12.0. The molecule has 3 amide bonds. The van der Waals surface area contributed by atoms with Crippen molar-refractivity contribution in [1.82, 2.24) is 4.90 Å². The van der Waals surface area contributed by atoms with E-state index in [0.717, 1.165) is 33.4 Å². The number of imide groups is 1. The molecule has 0 unspecified atom stereocenters. The summed E-state index contributed by atoms with van der Waals surface area (Å²) in [4.78, 5) is 39.4. The maximum absolute atomic E-state index is 13.0. The minimum absolute atomic E-state index is 0.109. The van der Waals surface area contributed by atoms with Gasteiger partial charge in [-0.3, -0.25) is 19.3 Å². The van der Waals surface area contributed by atoms with Crippen LogP contribution in [0.2, 0.25) is 10.0 Å². The third kappa shape index (κ3) is 7.35. The van der Waals surface area contributed by atoms with Crippen LogP contribution in [0.4, 0.5) is 10.5 Å². The number of carbonyl (C=O) groups excluding carboxylic acids is 3. The minimum Gasteiger partial charge on any atom is -0.491 e. The number of thioether (sulfide) groups is 1. The van der Waals surface area contributed by atoms with Crippen molar-refractivity contribution in [2.45, 2.75) is 20.8 Å². The zero-order valence-corrected chi connectivity index (χ0v) is 23.9. The van der Waals surface area contributed by atoms with Gasteiger partial charge in [-0.2, -0.15) is 0 Å². The Labute approximate surface area is 241 Å². The highest BCUT2D eigenvalue weighted by molar-refractivity contribution is 8.18. The summed E-state index contributed by atoms with van der Waals surface area (Å²) in [7, 11) is 0. The number of ether oxygens (including phenoxy) is 2. The Hall–Kier alpha value is -3.46. The van der Waals surface area contributed by atoms with Crippen molar-refractivity contribution in [3.8, 4) is 11.5 Å². The van der Waals surface area contributed by atoms with Gasteiger partial charge < -0.3 is 14.8 Å². The highest BCUT2D eigenvalue weighted by atomic mass is 35.5. The summed E-state index contributed by atoms with van der Waals surface area (Å²) in [5, 5.41) is 3.29. The van der Waals surface area contributed by atoms with E-state index >= 15 is 0 Å². The second-order valence-corrected chi connectivity index (χ2v) is 10.8. The molecule has 0 aliphatic carbocycles. The van der Waals surface area contributed by atoms with E-state index in [2.05, 4.69) is 5.32 Å². The summed E-state index contributed by atoms with van der Waals surface area (Å²) >= 11 is 13.1. The summed E-state index contributed by atoms with van der Waals surface area (Å²) in [5.74, 6) is 0.226. The van der Waals surface area contributed by atoms with E-state index in [1.165, 1.54) is 6.08 Å². The zero-order valence-electron chi connectivity index (χ0n) is 21.5. The standard InChI is InChI=1S/C29H26Cl2N2O5S/c1-17-4-5-19(3)25(12-17)37-11-10-33-28(35)26(39-29(33)36)14-20-13-21(30)7-9-24(20)38-16-27(34)32-22-8-6-18(2)23(31)15-22/h4-9,12-15H,10-11,16H2,1-3H3,(H,32,34)/b26-14-. The lowest BCUT2D eigenvalue weighted by atomic mass is 10.1. The molecule has 0 atom stereocenters. The molecule has 7 nitrogen and oxygen atoms in total. The number of benzene rings is 3. The lowest BCUT2D eigenvalue weighted by molar-refractivity contribution is -0.123. The van der Waals surface area contributed by atoms with Gasteiger partial charge in [0.25, 0.3) is 17.1 Å². The van der Waals surface area contributed by atoms with Crippen LogP contribution in [-0.2, 0) is 9.59 Å². The molecule has 0 aromatic heterocycles. The van der Waals surface area contributed by atoms with Gasteiger partial charge in [-0.1, -0.05) is 41.4 Å². The molecule has 1 saturated heterocycles. The van der Waals surface area contributed by atoms with E-state index in [-0.39, 0.29) is 30.6 Å². The Kier molecular flexibility index (Phi) is 9.22. The number of nitrogens with one attached hydrogen (secondary N) is 1. The van der Waals surface area contributed by atoms with Crippen molar-refractivity contribution in [3.05, 3.63) is 91.8 Å². The van der Waals surface area contributed by atoms with Crippen LogP contribution in [0.15, 0.2) is 59.5 Å². The normalized spacial score (nSPS) is 14.2. The molecule has 202 valence electrons. The fourth-order valence-corrected chi connectivity index (χ4v) is 4.94. The van der Waals surface area contributed by atoms with E-state index < -0.39 is 11.1 Å². The first kappa shape index (κ1) is 28.5. The lowest BCUT2D eigenvalue weighted by Crippen LogP contribution is -2.32.